The molecule has 0 aromatic heterocycles. The van der Waals surface area contributed by atoms with Crippen LogP contribution in [0.4, 0.5) is 10.5 Å². The number of nitrogens with one attached hydrogen (secondary N) is 2. The van der Waals surface area contributed by atoms with Crippen LogP contribution in [0, 0.1) is 6.92 Å². The highest BCUT2D eigenvalue weighted by atomic mass is 32.2. The van der Waals surface area contributed by atoms with Gasteiger partial charge in [-0.15, -0.1) is 0 Å². The van der Waals surface area contributed by atoms with Gasteiger partial charge in [-0.05, 0) is 43.2 Å². The van der Waals surface area contributed by atoms with Crippen molar-refractivity contribution in [1.82, 2.24) is 5.32 Å². The Morgan fingerprint density at radius 2 is 1.58 bits per heavy atom. The molecule has 0 fully saturated rings. The molecule has 3 rings (SSSR count). The maximum atomic E-state index is 12.2. The second-order valence-corrected chi connectivity index (χ2v) is 7.14. The summed E-state index contributed by atoms with van der Waals surface area (Å²) in [6.07, 6.45) is 0.814. The van der Waals surface area contributed by atoms with E-state index in [1.165, 1.54) is 11.1 Å². The molecule has 0 unspecified atom stereocenters. The van der Waals surface area contributed by atoms with Gasteiger partial charge in [-0.3, -0.25) is 0 Å². The van der Waals surface area contributed by atoms with E-state index in [0.717, 1.165) is 21.9 Å². The standard InChI is InChI=1S/C22H22N2OS/c1-17-11-13-18(14-12-17)15-16-23-22(25)24-20-9-5-6-10-21(20)26-19-7-3-2-4-8-19/h2-14H,15-16H2,1H3,(H2,23,24,25). The predicted octanol–water partition coefficient (Wildman–Crippen LogP) is 5.51. The molecular weight excluding hydrogens is 340 g/mol. The third-order valence-electron chi connectivity index (χ3n) is 3.93. The summed E-state index contributed by atoms with van der Waals surface area (Å²) in [4.78, 5) is 14.4. The molecule has 0 radical (unpaired) electrons. The quantitative estimate of drug-likeness (QED) is 0.607. The number of amides is 2. The van der Waals surface area contributed by atoms with Gasteiger partial charge in [0.25, 0.3) is 0 Å². The Bertz CT molecular complexity index is 848. The topological polar surface area (TPSA) is 41.1 Å². The van der Waals surface area contributed by atoms with E-state index in [1.807, 2.05) is 42.5 Å². The molecule has 2 amide bonds. The van der Waals surface area contributed by atoms with Gasteiger partial charge in [-0.25, -0.2) is 4.79 Å². The fraction of sp³-hybridized carbons (Fsp3) is 0.136. The van der Waals surface area contributed by atoms with Crippen molar-refractivity contribution in [2.24, 2.45) is 0 Å². The van der Waals surface area contributed by atoms with Gasteiger partial charge in [0.1, 0.15) is 0 Å². The van der Waals surface area contributed by atoms with Gasteiger partial charge < -0.3 is 10.6 Å². The van der Waals surface area contributed by atoms with Crippen molar-refractivity contribution in [3.63, 3.8) is 0 Å². The van der Waals surface area contributed by atoms with Crippen LogP contribution in [0.15, 0.2) is 88.7 Å². The second-order valence-electron chi connectivity index (χ2n) is 6.03. The second kappa shape index (κ2) is 9.11. The summed E-state index contributed by atoms with van der Waals surface area (Å²) in [5.41, 5.74) is 3.28. The largest absolute Gasteiger partial charge is 0.338 e. The summed E-state index contributed by atoms with van der Waals surface area (Å²) in [7, 11) is 0. The zero-order valence-electron chi connectivity index (χ0n) is 14.7. The molecular formula is C22H22N2OS. The fourth-order valence-corrected chi connectivity index (χ4v) is 3.44. The number of hydrogen-bond donors (Lipinski definition) is 2. The predicted molar refractivity (Wildman–Crippen MR) is 109 cm³/mol. The van der Waals surface area contributed by atoms with Crippen molar-refractivity contribution in [1.29, 1.82) is 0 Å². The monoisotopic (exact) mass is 362 g/mol. The number of benzene rings is 3. The lowest BCUT2D eigenvalue weighted by Crippen LogP contribution is -2.30. The molecule has 3 nitrogen and oxygen atoms in total. The smallest absolute Gasteiger partial charge is 0.319 e. The van der Waals surface area contributed by atoms with Gasteiger partial charge in [0.15, 0.2) is 0 Å². The molecule has 0 atom stereocenters. The van der Waals surface area contributed by atoms with Crippen molar-refractivity contribution < 1.29 is 4.79 Å². The number of carbonyl (C=O) groups is 1. The van der Waals surface area contributed by atoms with E-state index >= 15 is 0 Å². The zero-order chi connectivity index (χ0) is 18.2. The Kier molecular flexibility index (Phi) is 6.34. The van der Waals surface area contributed by atoms with Crippen LogP contribution in [0.3, 0.4) is 0 Å². The van der Waals surface area contributed by atoms with E-state index in [-0.39, 0.29) is 6.03 Å². The lowest BCUT2D eigenvalue weighted by atomic mass is 10.1. The van der Waals surface area contributed by atoms with Crippen LogP contribution >= 0.6 is 11.8 Å². The van der Waals surface area contributed by atoms with Crippen LogP contribution in [0.2, 0.25) is 0 Å². The maximum absolute atomic E-state index is 12.2. The first-order valence-corrected chi connectivity index (χ1v) is 9.45. The number of urea groups is 1. The Hall–Kier alpha value is -2.72. The summed E-state index contributed by atoms with van der Waals surface area (Å²) in [5.74, 6) is 0. The number of carbonyl (C=O) groups excluding carboxylic acids is 1. The molecule has 0 saturated heterocycles. The number of para-hydroxylation sites is 1. The molecule has 0 bridgehead atoms. The number of rotatable bonds is 6. The van der Waals surface area contributed by atoms with Crippen molar-refractivity contribution in [2.75, 3.05) is 11.9 Å². The van der Waals surface area contributed by atoms with Crippen molar-refractivity contribution in [3.8, 4) is 0 Å². The fourth-order valence-electron chi connectivity index (χ4n) is 2.52. The molecule has 0 heterocycles. The van der Waals surface area contributed by atoms with Crippen LogP contribution < -0.4 is 10.6 Å². The first-order chi connectivity index (χ1) is 12.7. The lowest BCUT2D eigenvalue weighted by molar-refractivity contribution is 0.252. The normalized spacial score (nSPS) is 10.3. The van der Waals surface area contributed by atoms with Gasteiger partial charge in [-0.1, -0.05) is 71.9 Å². The molecule has 132 valence electrons. The van der Waals surface area contributed by atoms with Gasteiger partial charge in [0.05, 0.1) is 5.69 Å². The van der Waals surface area contributed by atoms with E-state index < -0.39 is 0 Å². The maximum Gasteiger partial charge on any atom is 0.319 e. The molecule has 0 aliphatic rings. The highest BCUT2D eigenvalue weighted by molar-refractivity contribution is 7.99. The van der Waals surface area contributed by atoms with E-state index in [4.69, 9.17) is 0 Å². The Morgan fingerprint density at radius 1 is 0.885 bits per heavy atom. The van der Waals surface area contributed by atoms with E-state index in [1.54, 1.807) is 11.8 Å². The molecule has 0 saturated carbocycles. The first kappa shape index (κ1) is 18.1. The van der Waals surface area contributed by atoms with Gasteiger partial charge in [0.2, 0.25) is 0 Å². The molecule has 2 N–H and O–H groups in total. The molecule has 0 spiro atoms. The average Bonchev–Trinajstić information content (AvgIpc) is 2.66. The van der Waals surface area contributed by atoms with Crippen LogP contribution in [-0.4, -0.2) is 12.6 Å². The number of anilines is 1. The first-order valence-electron chi connectivity index (χ1n) is 8.63. The summed E-state index contributed by atoms with van der Waals surface area (Å²) in [6, 6.07) is 26.2. The Labute approximate surface area is 158 Å². The summed E-state index contributed by atoms with van der Waals surface area (Å²) in [6.45, 7) is 2.67. The number of aryl methyl sites for hydroxylation is 1. The number of hydrogen-bond acceptors (Lipinski definition) is 2. The third-order valence-corrected chi connectivity index (χ3v) is 5.01. The molecule has 26 heavy (non-hydrogen) atoms. The minimum Gasteiger partial charge on any atom is -0.338 e. The minimum absolute atomic E-state index is 0.182. The van der Waals surface area contributed by atoms with E-state index in [0.29, 0.717) is 6.54 Å². The van der Waals surface area contributed by atoms with E-state index in [9.17, 15) is 4.79 Å². The average molecular weight is 362 g/mol. The van der Waals surface area contributed by atoms with Gasteiger partial charge in [0, 0.05) is 16.3 Å². The molecule has 4 heteroatoms. The van der Waals surface area contributed by atoms with Gasteiger partial charge >= 0.3 is 6.03 Å². The van der Waals surface area contributed by atoms with Crippen molar-refractivity contribution in [2.45, 2.75) is 23.1 Å². The highest BCUT2D eigenvalue weighted by Gasteiger charge is 2.07. The Morgan fingerprint density at radius 3 is 2.35 bits per heavy atom. The van der Waals surface area contributed by atoms with Gasteiger partial charge in [-0.2, -0.15) is 0 Å². The molecule has 0 aliphatic carbocycles. The summed E-state index contributed by atoms with van der Waals surface area (Å²) >= 11 is 1.64. The van der Waals surface area contributed by atoms with Crippen LogP contribution in [0.5, 0.6) is 0 Å². The molecule has 0 aliphatic heterocycles. The lowest BCUT2D eigenvalue weighted by Gasteiger charge is -2.12. The van der Waals surface area contributed by atoms with Crippen LogP contribution in [0.1, 0.15) is 11.1 Å². The third kappa shape index (κ3) is 5.39. The van der Waals surface area contributed by atoms with E-state index in [2.05, 4.69) is 54.0 Å². The molecule has 3 aromatic rings. The highest BCUT2D eigenvalue weighted by Crippen LogP contribution is 2.33. The molecule has 3 aromatic carbocycles. The van der Waals surface area contributed by atoms with Crippen LogP contribution in [-0.2, 0) is 6.42 Å². The van der Waals surface area contributed by atoms with Crippen molar-refractivity contribution in [3.05, 3.63) is 90.0 Å². The minimum atomic E-state index is -0.182. The SMILES string of the molecule is Cc1ccc(CCNC(=O)Nc2ccccc2Sc2ccccc2)cc1. The summed E-state index contributed by atoms with van der Waals surface area (Å²) < 4.78 is 0. The summed E-state index contributed by atoms with van der Waals surface area (Å²) in [5, 5.41) is 5.88. The zero-order valence-corrected chi connectivity index (χ0v) is 15.6. The van der Waals surface area contributed by atoms with Crippen LogP contribution in [0.25, 0.3) is 0 Å². The Balaban J connectivity index is 1.55. The van der Waals surface area contributed by atoms with Crippen molar-refractivity contribution >= 4 is 23.5 Å².